The minimum atomic E-state index is -4.79. The SMILES string of the molecule is CC(F)([C](F)F)C(F)(F)[CH]F. The first-order chi connectivity index (χ1) is 4.75. The molecule has 0 saturated carbocycles. The van der Waals surface area contributed by atoms with Gasteiger partial charge < -0.3 is 0 Å². The fourth-order valence-electron chi connectivity index (χ4n) is 0.228. The van der Waals surface area contributed by atoms with Gasteiger partial charge >= 0.3 is 12.3 Å². The van der Waals surface area contributed by atoms with E-state index < -0.39 is 24.7 Å². The van der Waals surface area contributed by atoms with E-state index in [4.69, 9.17) is 0 Å². The molecule has 0 aromatic heterocycles. The van der Waals surface area contributed by atoms with E-state index in [9.17, 15) is 26.3 Å². The van der Waals surface area contributed by atoms with Gasteiger partial charge in [0.05, 0.1) is 0 Å². The third kappa shape index (κ3) is 1.78. The highest BCUT2D eigenvalue weighted by atomic mass is 19.3. The van der Waals surface area contributed by atoms with E-state index in [1.165, 1.54) is 0 Å². The van der Waals surface area contributed by atoms with Crippen molar-refractivity contribution in [3.63, 3.8) is 0 Å². The van der Waals surface area contributed by atoms with Crippen LogP contribution in [0.2, 0.25) is 0 Å². The number of hydrogen-bond donors (Lipinski definition) is 0. The molecule has 0 aliphatic carbocycles. The topological polar surface area (TPSA) is 0 Å². The van der Waals surface area contributed by atoms with Crippen molar-refractivity contribution in [2.24, 2.45) is 0 Å². The van der Waals surface area contributed by atoms with Crippen LogP contribution in [0, 0.1) is 13.1 Å². The van der Waals surface area contributed by atoms with E-state index >= 15 is 0 Å². The molecule has 0 aliphatic heterocycles. The third-order valence-corrected chi connectivity index (χ3v) is 1.12. The standard InChI is InChI=1S/C5H4F6/c1-4(9,3(7)8)5(10,11)2-6/h2H,1H3. The van der Waals surface area contributed by atoms with Gasteiger partial charge in [-0.3, -0.25) is 0 Å². The monoisotopic (exact) mass is 178 g/mol. The average molecular weight is 178 g/mol. The number of hydrogen-bond acceptors (Lipinski definition) is 0. The van der Waals surface area contributed by atoms with Crippen molar-refractivity contribution in [2.75, 3.05) is 0 Å². The van der Waals surface area contributed by atoms with Crippen LogP contribution in [0.3, 0.4) is 0 Å². The van der Waals surface area contributed by atoms with Crippen molar-refractivity contribution < 1.29 is 26.3 Å². The van der Waals surface area contributed by atoms with Gasteiger partial charge in [-0.25, -0.2) is 8.78 Å². The molecule has 0 saturated heterocycles. The van der Waals surface area contributed by atoms with Crippen molar-refractivity contribution in [3.05, 3.63) is 13.1 Å². The maximum atomic E-state index is 12.2. The zero-order chi connectivity index (χ0) is 9.28. The zero-order valence-corrected chi connectivity index (χ0v) is 5.35. The highest BCUT2D eigenvalue weighted by Gasteiger charge is 2.59. The van der Waals surface area contributed by atoms with Gasteiger partial charge in [0.25, 0.3) is 0 Å². The Balaban J connectivity index is 4.53. The van der Waals surface area contributed by atoms with E-state index in [1.54, 1.807) is 0 Å². The molecule has 0 heterocycles. The molecule has 1 unspecified atom stereocenters. The third-order valence-electron chi connectivity index (χ3n) is 1.12. The molecule has 0 aromatic carbocycles. The van der Waals surface area contributed by atoms with E-state index in [2.05, 4.69) is 0 Å². The second kappa shape index (κ2) is 2.91. The van der Waals surface area contributed by atoms with Gasteiger partial charge in [0.2, 0.25) is 12.3 Å². The Hall–Kier alpha value is -0.420. The summed E-state index contributed by atoms with van der Waals surface area (Å²) >= 11 is 0. The summed E-state index contributed by atoms with van der Waals surface area (Å²) < 4.78 is 69.8. The molecule has 0 N–H and O–H groups in total. The van der Waals surface area contributed by atoms with Gasteiger partial charge in [-0.05, 0) is 6.92 Å². The first-order valence-corrected chi connectivity index (χ1v) is 2.45. The minimum Gasteiger partial charge on any atom is -0.237 e. The van der Waals surface area contributed by atoms with Gasteiger partial charge in [0.1, 0.15) is 0 Å². The molecule has 0 spiro atoms. The number of halogens is 6. The highest BCUT2D eigenvalue weighted by molar-refractivity contribution is 5.04. The maximum absolute atomic E-state index is 12.2. The predicted octanol–water partition coefficient (Wildman–Crippen LogP) is 2.91. The van der Waals surface area contributed by atoms with Gasteiger partial charge in [-0.1, -0.05) is 0 Å². The van der Waals surface area contributed by atoms with Crippen LogP contribution in [-0.4, -0.2) is 11.6 Å². The molecule has 0 amide bonds. The van der Waals surface area contributed by atoms with Crippen LogP contribution in [0.5, 0.6) is 0 Å². The summed E-state index contributed by atoms with van der Waals surface area (Å²) in [5.41, 5.74) is -4.23. The smallest absolute Gasteiger partial charge is 0.237 e. The fourth-order valence-corrected chi connectivity index (χ4v) is 0.228. The molecule has 0 aromatic rings. The maximum Gasteiger partial charge on any atom is 0.352 e. The van der Waals surface area contributed by atoms with Gasteiger partial charge in [-0.2, -0.15) is 17.6 Å². The Morgan fingerprint density at radius 2 is 1.55 bits per heavy atom. The zero-order valence-electron chi connectivity index (χ0n) is 5.35. The Kier molecular flexibility index (Phi) is 2.79. The Bertz CT molecular complexity index is 129. The molecule has 0 fully saturated rings. The van der Waals surface area contributed by atoms with Crippen LogP contribution in [-0.2, 0) is 0 Å². The van der Waals surface area contributed by atoms with Crippen LogP contribution >= 0.6 is 0 Å². The van der Waals surface area contributed by atoms with E-state index in [0.29, 0.717) is 0 Å². The molecule has 6 heteroatoms. The first kappa shape index (κ1) is 10.6. The van der Waals surface area contributed by atoms with Crippen molar-refractivity contribution >= 4 is 0 Å². The second-order valence-corrected chi connectivity index (χ2v) is 2.00. The molecule has 0 aliphatic rings. The summed E-state index contributed by atoms with van der Waals surface area (Å²) in [6.45, 7) is -1.50. The molecule has 0 nitrogen and oxygen atoms in total. The number of rotatable bonds is 3. The summed E-state index contributed by atoms with van der Waals surface area (Å²) in [5, 5.41) is 0. The normalized spacial score (nSPS) is 18.5. The molecular weight excluding hydrogens is 174 g/mol. The predicted molar refractivity (Wildman–Crippen MR) is 25.3 cm³/mol. The lowest BCUT2D eigenvalue weighted by Crippen LogP contribution is -2.43. The summed E-state index contributed by atoms with van der Waals surface area (Å²) in [7, 11) is 0. The van der Waals surface area contributed by atoms with Crippen molar-refractivity contribution in [1.82, 2.24) is 0 Å². The van der Waals surface area contributed by atoms with Crippen LogP contribution in [0.1, 0.15) is 6.92 Å². The summed E-state index contributed by atoms with van der Waals surface area (Å²) in [6, 6.07) is 0. The lowest BCUT2D eigenvalue weighted by atomic mass is 10.0. The lowest BCUT2D eigenvalue weighted by molar-refractivity contribution is -0.140. The van der Waals surface area contributed by atoms with E-state index in [0.717, 1.165) is 0 Å². The minimum absolute atomic E-state index is 0.0988. The molecule has 0 bridgehead atoms. The molecular formula is C5H4F6. The van der Waals surface area contributed by atoms with Gasteiger partial charge in [0.15, 0.2) is 0 Å². The highest BCUT2D eigenvalue weighted by Crippen LogP contribution is 2.42. The van der Waals surface area contributed by atoms with E-state index in [-0.39, 0.29) is 6.92 Å². The van der Waals surface area contributed by atoms with Gasteiger partial charge in [0, 0.05) is 0 Å². The van der Waals surface area contributed by atoms with Crippen molar-refractivity contribution in [1.29, 1.82) is 0 Å². The summed E-state index contributed by atoms with van der Waals surface area (Å²) in [5.74, 6) is -4.79. The molecule has 11 heavy (non-hydrogen) atoms. The molecule has 1 atom stereocenters. The fraction of sp³-hybridized carbons (Fsp3) is 0.600. The second-order valence-electron chi connectivity index (χ2n) is 2.00. The Morgan fingerprint density at radius 3 is 1.64 bits per heavy atom. The lowest BCUT2D eigenvalue weighted by Gasteiger charge is -2.24. The van der Waals surface area contributed by atoms with Crippen LogP contribution in [0.25, 0.3) is 0 Å². The number of alkyl halides is 3. The summed E-state index contributed by atoms with van der Waals surface area (Å²) in [6.07, 6.45) is -3.16. The Labute approximate surface area is 59.2 Å². The quantitative estimate of drug-likeness (QED) is 0.583. The van der Waals surface area contributed by atoms with Crippen molar-refractivity contribution in [2.45, 2.75) is 18.5 Å². The van der Waals surface area contributed by atoms with Gasteiger partial charge in [-0.15, -0.1) is 0 Å². The van der Waals surface area contributed by atoms with Crippen molar-refractivity contribution in [3.8, 4) is 0 Å². The Morgan fingerprint density at radius 1 is 1.18 bits per heavy atom. The molecule has 2 radical (unpaired) electrons. The molecule has 0 rings (SSSR count). The average Bonchev–Trinajstić information content (AvgIpc) is 1.87. The van der Waals surface area contributed by atoms with Crippen LogP contribution < -0.4 is 0 Å². The first-order valence-electron chi connectivity index (χ1n) is 2.45. The molecule has 66 valence electrons. The largest absolute Gasteiger partial charge is 0.352 e. The van der Waals surface area contributed by atoms with Crippen LogP contribution in [0.4, 0.5) is 26.3 Å². The van der Waals surface area contributed by atoms with Crippen LogP contribution in [0.15, 0.2) is 0 Å². The van der Waals surface area contributed by atoms with E-state index in [1.807, 2.05) is 0 Å². The summed E-state index contributed by atoms with van der Waals surface area (Å²) in [4.78, 5) is 0.